The molecule has 9 heteroatoms. The third-order valence-electron chi connectivity index (χ3n) is 5.25. The van der Waals surface area contributed by atoms with Gasteiger partial charge in [0.05, 0.1) is 12.3 Å². The summed E-state index contributed by atoms with van der Waals surface area (Å²) in [6, 6.07) is 6.29. The van der Waals surface area contributed by atoms with E-state index in [-0.39, 0.29) is 31.8 Å². The van der Waals surface area contributed by atoms with E-state index < -0.39 is 21.8 Å². The van der Waals surface area contributed by atoms with Crippen molar-refractivity contribution < 1.29 is 27.4 Å². The number of ether oxygens (including phenoxy) is 1. The summed E-state index contributed by atoms with van der Waals surface area (Å²) in [6.45, 7) is 2.45. The predicted octanol–water partition coefficient (Wildman–Crippen LogP) is 3.76. The number of carbonyl (C=O) groups is 1. The second-order valence-electron chi connectivity index (χ2n) is 6.98. The van der Waals surface area contributed by atoms with Gasteiger partial charge in [-0.1, -0.05) is 13.0 Å². The summed E-state index contributed by atoms with van der Waals surface area (Å²) in [5.41, 5.74) is 0.331. The van der Waals surface area contributed by atoms with Gasteiger partial charge in [0, 0.05) is 21.4 Å². The summed E-state index contributed by atoms with van der Waals surface area (Å²) < 4.78 is 46.7. The van der Waals surface area contributed by atoms with Gasteiger partial charge in [-0.3, -0.25) is 4.72 Å². The molecule has 1 aliphatic heterocycles. The molecule has 1 heterocycles. The maximum absolute atomic E-state index is 13.3. The Hall–Kier alpha value is -2.13. The first kappa shape index (κ1) is 18.2. The van der Waals surface area contributed by atoms with Crippen molar-refractivity contribution in [2.45, 2.75) is 23.7 Å². The highest BCUT2D eigenvalue weighted by atomic mass is 79.9. The van der Waals surface area contributed by atoms with Gasteiger partial charge in [0.1, 0.15) is 22.0 Å². The molecule has 2 aromatic rings. The standard InChI is InChI=1S/C18H15BrFNO5S/c1-18-7-9(18)8-26-16-11(18)3-4-13(15(16)17(22)23)21-27(24,25)14-5-2-10(20)6-12(14)19/h2-6,9,21H,7-8H2,1H3,(H,22,23). The van der Waals surface area contributed by atoms with Crippen molar-refractivity contribution in [3.63, 3.8) is 0 Å². The normalized spacial score (nSPS) is 23.0. The minimum absolute atomic E-state index is 0.0365. The quantitative estimate of drug-likeness (QED) is 0.731. The zero-order valence-electron chi connectivity index (χ0n) is 14.1. The van der Waals surface area contributed by atoms with E-state index in [2.05, 4.69) is 20.7 Å². The van der Waals surface area contributed by atoms with Gasteiger partial charge in [-0.15, -0.1) is 0 Å². The highest BCUT2D eigenvalue weighted by Crippen LogP contribution is 2.60. The number of rotatable bonds is 4. The van der Waals surface area contributed by atoms with Crippen LogP contribution in [0.2, 0.25) is 0 Å². The van der Waals surface area contributed by atoms with Crippen molar-refractivity contribution in [1.29, 1.82) is 0 Å². The van der Waals surface area contributed by atoms with Crippen molar-refractivity contribution in [1.82, 2.24) is 0 Å². The van der Waals surface area contributed by atoms with Crippen LogP contribution in [0.15, 0.2) is 39.7 Å². The average molecular weight is 456 g/mol. The summed E-state index contributed by atoms with van der Waals surface area (Å²) in [7, 11) is -4.14. The topological polar surface area (TPSA) is 92.7 Å². The number of benzene rings is 2. The van der Waals surface area contributed by atoms with Gasteiger partial charge in [-0.25, -0.2) is 17.6 Å². The van der Waals surface area contributed by atoms with Crippen LogP contribution in [0.4, 0.5) is 10.1 Å². The maximum atomic E-state index is 13.3. The molecule has 27 heavy (non-hydrogen) atoms. The largest absolute Gasteiger partial charge is 0.492 e. The summed E-state index contributed by atoms with van der Waals surface area (Å²) in [5.74, 6) is -1.33. The van der Waals surface area contributed by atoms with Crippen molar-refractivity contribution in [2.24, 2.45) is 5.92 Å². The fraction of sp³-hybridized carbons (Fsp3) is 0.278. The molecule has 0 bridgehead atoms. The Morgan fingerprint density at radius 1 is 1.37 bits per heavy atom. The molecule has 0 amide bonds. The number of aromatic carboxylic acids is 1. The smallest absolute Gasteiger partial charge is 0.341 e. The molecule has 142 valence electrons. The van der Waals surface area contributed by atoms with Crippen molar-refractivity contribution in [2.75, 3.05) is 11.3 Å². The van der Waals surface area contributed by atoms with Gasteiger partial charge >= 0.3 is 5.97 Å². The van der Waals surface area contributed by atoms with Crippen LogP contribution in [-0.2, 0) is 15.4 Å². The number of fused-ring (bicyclic) bond motifs is 3. The molecule has 2 N–H and O–H groups in total. The summed E-state index contributed by atoms with van der Waals surface area (Å²) >= 11 is 3.02. The van der Waals surface area contributed by atoms with E-state index >= 15 is 0 Å². The third-order valence-corrected chi connectivity index (χ3v) is 7.60. The Kier molecular flexibility index (Phi) is 4.01. The number of carboxylic acids is 1. The Balaban J connectivity index is 1.79. The molecule has 0 aromatic heterocycles. The van der Waals surface area contributed by atoms with Crippen LogP contribution in [0.5, 0.6) is 5.75 Å². The minimum Gasteiger partial charge on any atom is -0.492 e. The molecule has 2 unspecified atom stereocenters. The van der Waals surface area contributed by atoms with Gasteiger partial charge in [0.2, 0.25) is 0 Å². The first-order valence-electron chi connectivity index (χ1n) is 8.15. The molecule has 0 spiro atoms. The van der Waals surface area contributed by atoms with Crippen LogP contribution in [0, 0.1) is 11.7 Å². The van der Waals surface area contributed by atoms with Crippen molar-refractivity contribution in [3.05, 3.63) is 51.7 Å². The molecule has 1 fully saturated rings. The lowest BCUT2D eigenvalue weighted by atomic mass is 9.90. The molecule has 1 saturated carbocycles. The molecule has 2 aromatic carbocycles. The Morgan fingerprint density at radius 2 is 2.11 bits per heavy atom. The summed E-state index contributed by atoms with van der Waals surface area (Å²) in [4.78, 5) is 11.7. The average Bonchev–Trinajstić information content (AvgIpc) is 3.25. The van der Waals surface area contributed by atoms with E-state index in [4.69, 9.17) is 4.74 Å². The Bertz CT molecular complexity index is 1090. The van der Waals surface area contributed by atoms with E-state index in [1.165, 1.54) is 6.07 Å². The zero-order valence-corrected chi connectivity index (χ0v) is 16.5. The zero-order chi connectivity index (χ0) is 19.6. The lowest BCUT2D eigenvalue weighted by Crippen LogP contribution is -2.23. The number of hydrogen-bond acceptors (Lipinski definition) is 4. The van der Waals surface area contributed by atoms with Gasteiger partial charge < -0.3 is 9.84 Å². The fourth-order valence-corrected chi connectivity index (χ4v) is 5.70. The van der Waals surface area contributed by atoms with Crippen LogP contribution in [-0.4, -0.2) is 26.1 Å². The molecular weight excluding hydrogens is 441 g/mol. The molecule has 1 aliphatic carbocycles. The van der Waals surface area contributed by atoms with Crippen LogP contribution in [0.3, 0.4) is 0 Å². The number of sulfonamides is 1. The SMILES string of the molecule is CC12CC1COc1c2ccc(NS(=O)(=O)c2ccc(F)cc2Br)c1C(=O)O. The van der Waals surface area contributed by atoms with E-state index in [0.717, 1.165) is 30.2 Å². The van der Waals surface area contributed by atoms with Crippen molar-refractivity contribution >= 4 is 37.6 Å². The summed E-state index contributed by atoms with van der Waals surface area (Å²) in [6.07, 6.45) is 0.909. The number of anilines is 1. The molecule has 2 aliphatic rings. The Labute approximate surface area is 163 Å². The first-order chi connectivity index (χ1) is 12.6. The lowest BCUT2D eigenvalue weighted by Gasteiger charge is -2.25. The molecule has 2 atom stereocenters. The molecule has 0 radical (unpaired) electrons. The van der Waals surface area contributed by atoms with Crippen LogP contribution in [0.25, 0.3) is 0 Å². The Morgan fingerprint density at radius 3 is 2.78 bits per heavy atom. The van der Waals surface area contributed by atoms with E-state index in [9.17, 15) is 22.7 Å². The summed E-state index contributed by atoms with van der Waals surface area (Å²) in [5, 5.41) is 9.69. The van der Waals surface area contributed by atoms with Crippen LogP contribution in [0.1, 0.15) is 29.3 Å². The van der Waals surface area contributed by atoms with Gasteiger partial charge in [0.25, 0.3) is 10.0 Å². The van der Waals surface area contributed by atoms with Gasteiger partial charge in [-0.05, 0) is 46.6 Å². The molecule has 0 saturated heterocycles. The highest BCUT2D eigenvalue weighted by molar-refractivity contribution is 9.10. The van der Waals surface area contributed by atoms with E-state index in [1.807, 2.05) is 6.92 Å². The molecule has 6 nitrogen and oxygen atoms in total. The van der Waals surface area contributed by atoms with E-state index in [1.54, 1.807) is 6.07 Å². The van der Waals surface area contributed by atoms with E-state index in [0.29, 0.717) is 12.5 Å². The first-order valence-corrected chi connectivity index (χ1v) is 10.4. The molecule has 4 rings (SSSR count). The number of nitrogens with one attached hydrogen (secondary N) is 1. The number of hydrogen-bond donors (Lipinski definition) is 2. The minimum atomic E-state index is -4.14. The van der Waals surface area contributed by atoms with Crippen LogP contribution < -0.4 is 9.46 Å². The maximum Gasteiger partial charge on any atom is 0.341 e. The monoisotopic (exact) mass is 455 g/mol. The van der Waals surface area contributed by atoms with Crippen molar-refractivity contribution in [3.8, 4) is 5.75 Å². The number of carboxylic acid groups (broad SMARTS) is 1. The second kappa shape index (κ2) is 5.93. The fourth-order valence-electron chi connectivity index (χ4n) is 3.58. The lowest BCUT2D eigenvalue weighted by molar-refractivity contribution is 0.0692. The predicted molar refractivity (Wildman–Crippen MR) is 99.3 cm³/mol. The highest BCUT2D eigenvalue weighted by Gasteiger charge is 2.56. The third kappa shape index (κ3) is 2.89. The number of halogens is 2. The van der Waals surface area contributed by atoms with Crippen LogP contribution >= 0.6 is 15.9 Å². The second-order valence-corrected chi connectivity index (χ2v) is 9.48. The van der Waals surface area contributed by atoms with Gasteiger partial charge in [0.15, 0.2) is 0 Å². The van der Waals surface area contributed by atoms with Gasteiger partial charge in [-0.2, -0.15) is 0 Å². The molecular formula is C18H15BrFNO5S.